The standard InChI is InChI=1S/C11H9N5O3S/c12-5-9-6-13-11(14-7-9)10-1-2-16(15-8-10)3-4-20(17,18)19/h1-2,6-8H,3-4H2. The number of hydrogen-bond acceptors (Lipinski definition) is 7. The lowest BCUT2D eigenvalue weighted by Gasteiger charge is -2.02. The summed E-state index contributed by atoms with van der Waals surface area (Å²) in [6.07, 6.45) is 5.78. The van der Waals surface area contributed by atoms with Crippen LogP contribution in [-0.4, -0.2) is 33.8 Å². The minimum Gasteiger partial charge on any atom is -0.748 e. The van der Waals surface area contributed by atoms with E-state index in [0.717, 1.165) is 0 Å². The molecule has 2 aromatic rings. The van der Waals surface area contributed by atoms with E-state index in [0.29, 0.717) is 17.0 Å². The Morgan fingerprint density at radius 1 is 1.30 bits per heavy atom. The summed E-state index contributed by atoms with van der Waals surface area (Å²) in [5, 5.41) is 12.6. The molecule has 0 unspecified atom stereocenters. The lowest BCUT2D eigenvalue weighted by atomic mass is 10.3. The van der Waals surface area contributed by atoms with Crippen molar-refractivity contribution in [3.05, 3.63) is 36.4 Å². The van der Waals surface area contributed by atoms with Crippen LogP contribution in [0.2, 0.25) is 0 Å². The second-order valence-electron chi connectivity index (χ2n) is 3.85. The Morgan fingerprint density at radius 3 is 2.50 bits per heavy atom. The van der Waals surface area contributed by atoms with Gasteiger partial charge in [0.15, 0.2) is 18.6 Å². The first-order chi connectivity index (χ1) is 9.48. The fraction of sp³-hybridized carbons (Fsp3) is 0.182. The third-order valence-electron chi connectivity index (χ3n) is 2.38. The van der Waals surface area contributed by atoms with E-state index in [9.17, 15) is 13.0 Å². The van der Waals surface area contributed by atoms with Gasteiger partial charge in [0.2, 0.25) is 0 Å². The maximum Gasteiger partial charge on any atom is 0.197 e. The Balaban J connectivity index is 2.13. The molecule has 2 rings (SSSR count). The molecule has 0 aliphatic rings. The van der Waals surface area contributed by atoms with Gasteiger partial charge in [-0.05, 0) is 5.10 Å². The predicted octanol–water partition coefficient (Wildman–Crippen LogP) is -0.757. The Kier molecular flexibility index (Phi) is 3.97. The summed E-state index contributed by atoms with van der Waals surface area (Å²) in [5.74, 6) is -0.114. The van der Waals surface area contributed by atoms with Gasteiger partial charge < -0.3 is 4.55 Å². The molecule has 9 heteroatoms. The van der Waals surface area contributed by atoms with E-state index < -0.39 is 15.9 Å². The molecule has 0 fully saturated rings. The largest absolute Gasteiger partial charge is 0.748 e. The summed E-state index contributed by atoms with van der Waals surface area (Å²) < 4.78 is 32.9. The molecule has 0 aliphatic heterocycles. The molecule has 0 aromatic carbocycles. The summed E-state index contributed by atoms with van der Waals surface area (Å²) >= 11 is 0. The number of aryl methyl sites for hydroxylation is 1. The first kappa shape index (κ1) is 14.0. The van der Waals surface area contributed by atoms with Gasteiger partial charge in [-0.3, -0.25) is 0 Å². The van der Waals surface area contributed by atoms with Gasteiger partial charge in [-0.2, -0.15) is 5.26 Å². The molecular weight excluding hydrogens is 282 g/mol. The van der Waals surface area contributed by atoms with Gasteiger partial charge in [0.1, 0.15) is 22.4 Å². The van der Waals surface area contributed by atoms with Crippen LogP contribution in [0.1, 0.15) is 5.56 Å². The molecule has 2 heterocycles. The SMILES string of the molecule is N#Cc1cnc(-c2cc[n+](CCS(=O)(=O)[O-])nc2)nc1. The van der Waals surface area contributed by atoms with E-state index in [1.807, 2.05) is 6.07 Å². The summed E-state index contributed by atoms with van der Waals surface area (Å²) in [5.41, 5.74) is 0.976. The average molecular weight is 291 g/mol. The maximum absolute atomic E-state index is 10.5. The monoisotopic (exact) mass is 291 g/mol. The van der Waals surface area contributed by atoms with Crippen LogP contribution in [0.4, 0.5) is 0 Å². The highest BCUT2D eigenvalue weighted by molar-refractivity contribution is 7.85. The third-order valence-corrected chi connectivity index (χ3v) is 3.06. The van der Waals surface area contributed by atoms with E-state index in [1.54, 1.807) is 6.07 Å². The van der Waals surface area contributed by atoms with Crippen molar-refractivity contribution in [3.8, 4) is 17.5 Å². The van der Waals surface area contributed by atoms with E-state index in [4.69, 9.17) is 5.26 Å². The smallest absolute Gasteiger partial charge is 0.197 e. The minimum absolute atomic E-state index is 0.0136. The van der Waals surface area contributed by atoms with Crippen molar-refractivity contribution in [1.82, 2.24) is 15.1 Å². The summed E-state index contributed by atoms with van der Waals surface area (Å²) in [6.45, 7) is -0.0136. The minimum atomic E-state index is -4.26. The zero-order chi connectivity index (χ0) is 14.6. The van der Waals surface area contributed by atoms with Crippen molar-refractivity contribution < 1.29 is 17.7 Å². The topological polar surface area (TPSA) is 124 Å². The second-order valence-corrected chi connectivity index (χ2v) is 5.37. The van der Waals surface area contributed by atoms with Gasteiger partial charge in [-0.1, -0.05) is 4.68 Å². The second kappa shape index (κ2) is 5.68. The quantitative estimate of drug-likeness (QED) is 0.535. The molecule has 0 saturated heterocycles. The highest BCUT2D eigenvalue weighted by Crippen LogP contribution is 2.10. The molecule has 0 spiro atoms. The van der Waals surface area contributed by atoms with Gasteiger partial charge in [0.25, 0.3) is 0 Å². The Labute approximate surface area is 115 Å². The van der Waals surface area contributed by atoms with Crippen LogP contribution in [0.3, 0.4) is 0 Å². The summed E-state index contributed by atoms with van der Waals surface area (Å²) in [6, 6.07) is 3.56. The molecule has 0 N–H and O–H groups in total. The van der Waals surface area contributed by atoms with Gasteiger partial charge in [-0.15, -0.1) is 0 Å². The molecular formula is C11H9N5O3S. The van der Waals surface area contributed by atoms with Crippen LogP contribution >= 0.6 is 0 Å². The summed E-state index contributed by atoms with van der Waals surface area (Å²) in [7, 11) is -4.26. The predicted molar refractivity (Wildman–Crippen MR) is 64.7 cm³/mol. The molecule has 0 bridgehead atoms. The molecule has 0 atom stereocenters. The van der Waals surface area contributed by atoms with Gasteiger partial charge >= 0.3 is 0 Å². The van der Waals surface area contributed by atoms with Gasteiger partial charge in [0, 0.05) is 24.0 Å². The summed E-state index contributed by atoms with van der Waals surface area (Å²) in [4.78, 5) is 8.01. The first-order valence-corrected chi connectivity index (χ1v) is 7.07. The third kappa shape index (κ3) is 3.78. The first-order valence-electron chi connectivity index (χ1n) is 5.50. The lowest BCUT2D eigenvalue weighted by molar-refractivity contribution is -0.750. The van der Waals surface area contributed by atoms with Crippen molar-refractivity contribution >= 4 is 10.1 Å². The van der Waals surface area contributed by atoms with Crippen molar-refractivity contribution in [1.29, 1.82) is 5.26 Å². The number of nitriles is 1. The molecule has 8 nitrogen and oxygen atoms in total. The molecule has 0 amide bonds. The highest BCUT2D eigenvalue weighted by Gasteiger charge is 2.08. The zero-order valence-electron chi connectivity index (χ0n) is 10.2. The number of aromatic nitrogens is 4. The molecule has 102 valence electrons. The highest BCUT2D eigenvalue weighted by atomic mass is 32.2. The van der Waals surface area contributed by atoms with Gasteiger partial charge in [-0.25, -0.2) is 18.4 Å². The average Bonchev–Trinajstić information content (AvgIpc) is 2.45. The Hall–Kier alpha value is -2.44. The number of rotatable bonds is 4. The van der Waals surface area contributed by atoms with E-state index in [-0.39, 0.29) is 6.54 Å². The van der Waals surface area contributed by atoms with E-state index in [1.165, 1.54) is 29.5 Å². The Bertz CT molecular complexity index is 735. The van der Waals surface area contributed by atoms with Crippen LogP contribution in [0.15, 0.2) is 30.9 Å². The maximum atomic E-state index is 10.5. The molecule has 0 saturated carbocycles. The number of hydrogen-bond donors (Lipinski definition) is 0. The van der Waals surface area contributed by atoms with Crippen molar-refractivity contribution in [2.45, 2.75) is 6.54 Å². The van der Waals surface area contributed by atoms with Crippen LogP contribution < -0.4 is 4.68 Å². The van der Waals surface area contributed by atoms with Crippen LogP contribution in [0.25, 0.3) is 11.4 Å². The fourth-order valence-corrected chi connectivity index (χ4v) is 1.80. The molecule has 0 radical (unpaired) electrons. The normalized spacial score (nSPS) is 11.0. The fourth-order valence-electron chi connectivity index (χ4n) is 1.39. The number of nitrogens with zero attached hydrogens (tertiary/aromatic N) is 5. The van der Waals surface area contributed by atoms with Crippen LogP contribution in [0, 0.1) is 11.3 Å². The molecule has 0 aliphatic carbocycles. The molecule has 20 heavy (non-hydrogen) atoms. The van der Waals surface area contributed by atoms with E-state index in [2.05, 4.69) is 15.1 Å². The van der Waals surface area contributed by atoms with Crippen molar-refractivity contribution in [3.63, 3.8) is 0 Å². The van der Waals surface area contributed by atoms with Crippen molar-refractivity contribution in [2.75, 3.05) is 5.75 Å². The Morgan fingerprint density at radius 2 is 2.00 bits per heavy atom. The van der Waals surface area contributed by atoms with Crippen LogP contribution in [0.5, 0.6) is 0 Å². The van der Waals surface area contributed by atoms with Crippen LogP contribution in [-0.2, 0) is 16.7 Å². The molecule has 2 aromatic heterocycles. The van der Waals surface area contributed by atoms with E-state index >= 15 is 0 Å². The zero-order valence-corrected chi connectivity index (χ0v) is 11.0. The lowest BCUT2D eigenvalue weighted by Crippen LogP contribution is -2.40. The van der Waals surface area contributed by atoms with Crippen molar-refractivity contribution in [2.24, 2.45) is 0 Å². The van der Waals surface area contributed by atoms with Gasteiger partial charge in [0.05, 0.1) is 11.3 Å².